The maximum absolute atomic E-state index is 13.8. The Bertz CT molecular complexity index is 863. The first-order valence-corrected chi connectivity index (χ1v) is 9.18. The lowest BCUT2D eigenvalue weighted by Crippen LogP contribution is -2.40. The van der Waals surface area contributed by atoms with Crippen LogP contribution in [0.4, 0.5) is 10.1 Å². The maximum Gasteiger partial charge on any atom is 0.258 e. The zero-order valence-electron chi connectivity index (χ0n) is 17.1. The highest BCUT2D eigenvalue weighted by Crippen LogP contribution is 2.20. The number of aryl methyl sites for hydroxylation is 1. The van der Waals surface area contributed by atoms with Gasteiger partial charge in [-0.15, -0.1) is 0 Å². The summed E-state index contributed by atoms with van der Waals surface area (Å²) in [5.74, 6) is -1.35. The molecule has 0 saturated heterocycles. The van der Waals surface area contributed by atoms with Crippen LogP contribution in [0.5, 0.6) is 0 Å². The standard InChI is InChI=1S/C22H28FN3O2/c1-15-10-11-16(20(27)24-13-22(2,3)14-26(4)5)12-19(15)25-21(28)17-8-6-7-9-18(17)23/h6-12H,13-14H2,1-5H3,(H,24,27)(H,25,28). The fourth-order valence-electron chi connectivity index (χ4n) is 3.07. The molecule has 0 saturated carbocycles. The molecule has 0 aliphatic heterocycles. The molecular weight excluding hydrogens is 357 g/mol. The number of hydrogen-bond donors (Lipinski definition) is 2. The van der Waals surface area contributed by atoms with E-state index in [9.17, 15) is 14.0 Å². The van der Waals surface area contributed by atoms with Gasteiger partial charge in [0.25, 0.3) is 11.8 Å². The van der Waals surface area contributed by atoms with E-state index in [0.717, 1.165) is 12.1 Å². The average Bonchev–Trinajstić information content (AvgIpc) is 2.61. The number of nitrogens with zero attached hydrogens (tertiary/aromatic N) is 1. The minimum Gasteiger partial charge on any atom is -0.351 e. The van der Waals surface area contributed by atoms with Crippen molar-refractivity contribution in [1.82, 2.24) is 10.2 Å². The lowest BCUT2D eigenvalue weighted by Gasteiger charge is -2.28. The smallest absolute Gasteiger partial charge is 0.258 e. The highest BCUT2D eigenvalue weighted by molar-refractivity contribution is 6.05. The van der Waals surface area contributed by atoms with Crippen LogP contribution >= 0.6 is 0 Å². The van der Waals surface area contributed by atoms with Gasteiger partial charge in [-0.25, -0.2) is 4.39 Å². The van der Waals surface area contributed by atoms with Crippen molar-refractivity contribution >= 4 is 17.5 Å². The van der Waals surface area contributed by atoms with Gasteiger partial charge < -0.3 is 15.5 Å². The second-order valence-corrected chi connectivity index (χ2v) is 8.05. The number of carbonyl (C=O) groups excluding carboxylic acids is 2. The first-order valence-electron chi connectivity index (χ1n) is 9.18. The second-order valence-electron chi connectivity index (χ2n) is 8.05. The number of anilines is 1. The minimum atomic E-state index is -0.588. The summed E-state index contributed by atoms with van der Waals surface area (Å²) in [4.78, 5) is 27.0. The Hall–Kier alpha value is -2.73. The molecule has 6 heteroatoms. The third-order valence-electron chi connectivity index (χ3n) is 4.34. The number of carbonyl (C=O) groups is 2. The SMILES string of the molecule is Cc1ccc(C(=O)NCC(C)(C)CN(C)C)cc1NC(=O)c1ccccc1F. The van der Waals surface area contributed by atoms with Crippen molar-refractivity contribution in [2.45, 2.75) is 20.8 Å². The number of amides is 2. The van der Waals surface area contributed by atoms with Gasteiger partial charge in [-0.3, -0.25) is 9.59 Å². The molecule has 0 spiro atoms. The van der Waals surface area contributed by atoms with Crippen molar-refractivity contribution < 1.29 is 14.0 Å². The fraction of sp³-hybridized carbons (Fsp3) is 0.364. The normalized spacial score (nSPS) is 11.4. The number of rotatable bonds is 7. The van der Waals surface area contributed by atoms with Crippen LogP contribution in [-0.2, 0) is 0 Å². The molecule has 0 fully saturated rings. The van der Waals surface area contributed by atoms with Crippen molar-refractivity contribution in [3.8, 4) is 0 Å². The summed E-state index contributed by atoms with van der Waals surface area (Å²) in [6.45, 7) is 7.35. The summed E-state index contributed by atoms with van der Waals surface area (Å²) in [6.07, 6.45) is 0. The van der Waals surface area contributed by atoms with Crippen molar-refractivity contribution in [3.63, 3.8) is 0 Å². The minimum absolute atomic E-state index is 0.0396. The third kappa shape index (κ3) is 5.89. The van der Waals surface area contributed by atoms with Crippen LogP contribution in [0.1, 0.15) is 40.1 Å². The van der Waals surface area contributed by atoms with Gasteiger partial charge in [0.2, 0.25) is 0 Å². The highest BCUT2D eigenvalue weighted by atomic mass is 19.1. The van der Waals surface area contributed by atoms with Gasteiger partial charge >= 0.3 is 0 Å². The van der Waals surface area contributed by atoms with E-state index < -0.39 is 11.7 Å². The summed E-state index contributed by atoms with van der Waals surface area (Å²) in [7, 11) is 3.99. The van der Waals surface area contributed by atoms with Crippen LogP contribution in [0, 0.1) is 18.2 Å². The lowest BCUT2D eigenvalue weighted by molar-refractivity contribution is 0.0928. The van der Waals surface area contributed by atoms with Crippen LogP contribution in [-0.4, -0.2) is 43.9 Å². The number of benzene rings is 2. The molecule has 2 amide bonds. The van der Waals surface area contributed by atoms with Crippen LogP contribution in [0.15, 0.2) is 42.5 Å². The van der Waals surface area contributed by atoms with Gasteiger partial charge in [0.15, 0.2) is 0 Å². The predicted molar refractivity (Wildman–Crippen MR) is 110 cm³/mol. The number of halogens is 1. The lowest BCUT2D eigenvalue weighted by atomic mass is 9.93. The molecule has 5 nitrogen and oxygen atoms in total. The molecule has 2 rings (SSSR count). The fourth-order valence-corrected chi connectivity index (χ4v) is 3.07. The zero-order valence-corrected chi connectivity index (χ0v) is 17.1. The van der Waals surface area contributed by atoms with Crippen molar-refractivity contribution in [2.75, 3.05) is 32.5 Å². The largest absolute Gasteiger partial charge is 0.351 e. The molecule has 0 heterocycles. The maximum atomic E-state index is 13.8. The van der Waals surface area contributed by atoms with E-state index in [1.54, 1.807) is 24.3 Å². The summed E-state index contributed by atoms with van der Waals surface area (Å²) in [5, 5.41) is 5.64. The van der Waals surface area contributed by atoms with Gasteiger partial charge in [-0.2, -0.15) is 0 Å². The van der Waals surface area contributed by atoms with Crippen LogP contribution in [0.25, 0.3) is 0 Å². The molecule has 150 valence electrons. The van der Waals surface area contributed by atoms with Gasteiger partial charge in [0.05, 0.1) is 5.56 Å². The first-order chi connectivity index (χ1) is 13.1. The Balaban J connectivity index is 2.11. The van der Waals surface area contributed by atoms with Crippen LogP contribution in [0.3, 0.4) is 0 Å². The highest BCUT2D eigenvalue weighted by Gasteiger charge is 2.20. The van der Waals surface area contributed by atoms with Crippen molar-refractivity contribution in [2.24, 2.45) is 5.41 Å². The summed E-state index contributed by atoms with van der Waals surface area (Å²) < 4.78 is 13.8. The Kier molecular flexibility index (Phi) is 6.91. The molecule has 0 atom stereocenters. The first kappa shape index (κ1) is 21.6. The molecule has 2 N–H and O–H groups in total. The third-order valence-corrected chi connectivity index (χ3v) is 4.34. The van der Waals surface area contributed by atoms with Crippen molar-refractivity contribution in [1.29, 1.82) is 0 Å². The molecular formula is C22H28FN3O2. The summed E-state index contributed by atoms with van der Waals surface area (Å²) in [6, 6.07) is 10.9. The molecule has 0 aliphatic rings. The Morgan fingerprint density at radius 1 is 1.07 bits per heavy atom. The summed E-state index contributed by atoms with van der Waals surface area (Å²) >= 11 is 0. The van der Waals surface area contributed by atoms with E-state index in [1.165, 1.54) is 18.2 Å². The van der Waals surface area contributed by atoms with Gasteiger partial charge in [-0.1, -0.05) is 32.0 Å². The van der Waals surface area contributed by atoms with E-state index in [4.69, 9.17) is 0 Å². The molecule has 0 aliphatic carbocycles. The molecule has 2 aromatic rings. The molecule has 0 aromatic heterocycles. The zero-order chi connectivity index (χ0) is 20.9. The Morgan fingerprint density at radius 3 is 2.39 bits per heavy atom. The number of hydrogen-bond acceptors (Lipinski definition) is 3. The van der Waals surface area contributed by atoms with Gasteiger partial charge in [-0.05, 0) is 56.3 Å². The number of nitrogens with one attached hydrogen (secondary N) is 2. The topological polar surface area (TPSA) is 61.4 Å². The molecule has 28 heavy (non-hydrogen) atoms. The molecule has 0 radical (unpaired) electrons. The quantitative estimate of drug-likeness (QED) is 0.764. The monoisotopic (exact) mass is 385 g/mol. The van der Waals surface area contributed by atoms with Gasteiger partial charge in [0.1, 0.15) is 5.82 Å². The van der Waals surface area contributed by atoms with Crippen LogP contribution in [0.2, 0.25) is 0 Å². The second kappa shape index (κ2) is 8.97. The van der Waals surface area contributed by atoms with E-state index in [1.807, 2.05) is 21.0 Å². The van der Waals surface area contributed by atoms with Crippen molar-refractivity contribution in [3.05, 3.63) is 65.0 Å². The van der Waals surface area contributed by atoms with E-state index in [-0.39, 0.29) is 16.9 Å². The van der Waals surface area contributed by atoms with E-state index >= 15 is 0 Å². The summed E-state index contributed by atoms with van der Waals surface area (Å²) in [5.41, 5.74) is 1.59. The van der Waals surface area contributed by atoms with E-state index in [0.29, 0.717) is 17.8 Å². The molecule has 0 bridgehead atoms. The van der Waals surface area contributed by atoms with Crippen LogP contribution < -0.4 is 10.6 Å². The predicted octanol–water partition coefficient (Wildman–Crippen LogP) is 3.70. The van der Waals surface area contributed by atoms with E-state index in [2.05, 4.69) is 29.4 Å². The average molecular weight is 385 g/mol. The molecule has 2 aromatic carbocycles. The molecule has 0 unspecified atom stereocenters. The Morgan fingerprint density at radius 2 is 1.75 bits per heavy atom. The Labute approximate surface area is 165 Å². The van der Waals surface area contributed by atoms with Gasteiger partial charge in [0, 0.05) is 24.3 Å².